The molecule has 0 radical (unpaired) electrons. The second-order valence-corrected chi connectivity index (χ2v) is 6.38. The molecular weight excluding hydrogens is 228 g/mol. The monoisotopic (exact) mass is 244 g/mol. The molecule has 0 fully saturated rings. The van der Waals surface area contributed by atoms with Gasteiger partial charge in [0, 0.05) is 21.5 Å². The molecule has 1 aliphatic carbocycles. The van der Waals surface area contributed by atoms with Crippen molar-refractivity contribution in [2.75, 3.05) is 5.73 Å². The van der Waals surface area contributed by atoms with E-state index in [-0.39, 0.29) is 5.41 Å². The number of fused-ring (bicyclic) bond motifs is 1. The summed E-state index contributed by atoms with van der Waals surface area (Å²) in [5, 5.41) is 1.11. The number of hydrogen-bond acceptors (Lipinski definition) is 3. The molecule has 3 rings (SSSR count). The standard InChI is InChI=1S/C14H16N2S/c1-14(2)7-6-11-12(14)16-13(17-11)9-4-3-5-10(15)8-9/h3-5,8H,6-7,15H2,1-2H3. The fourth-order valence-electron chi connectivity index (χ4n) is 2.39. The predicted molar refractivity (Wildman–Crippen MR) is 73.3 cm³/mol. The van der Waals surface area contributed by atoms with E-state index in [1.165, 1.54) is 23.4 Å². The number of anilines is 1. The van der Waals surface area contributed by atoms with Crippen LogP contribution in [0.3, 0.4) is 0 Å². The first-order valence-electron chi connectivity index (χ1n) is 5.92. The molecule has 0 atom stereocenters. The van der Waals surface area contributed by atoms with Gasteiger partial charge in [-0.2, -0.15) is 0 Å². The molecule has 2 nitrogen and oxygen atoms in total. The number of aromatic nitrogens is 1. The van der Waals surface area contributed by atoms with Crippen LogP contribution in [0.15, 0.2) is 24.3 Å². The topological polar surface area (TPSA) is 38.9 Å². The number of aryl methyl sites for hydroxylation is 1. The van der Waals surface area contributed by atoms with E-state index in [1.54, 1.807) is 0 Å². The van der Waals surface area contributed by atoms with Crippen LogP contribution in [0, 0.1) is 0 Å². The molecule has 1 heterocycles. The molecule has 2 N–H and O–H groups in total. The SMILES string of the molecule is CC1(C)CCc2sc(-c3cccc(N)c3)nc21. The molecule has 0 aliphatic heterocycles. The molecule has 0 unspecified atom stereocenters. The lowest BCUT2D eigenvalue weighted by molar-refractivity contribution is 0.510. The minimum absolute atomic E-state index is 0.240. The van der Waals surface area contributed by atoms with Gasteiger partial charge in [0.15, 0.2) is 0 Å². The van der Waals surface area contributed by atoms with Crippen molar-refractivity contribution in [3.63, 3.8) is 0 Å². The Morgan fingerprint density at radius 2 is 2.18 bits per heavy atom. The van der Waals surface area contributed by atoms with Crippen molar-refractivity contribution < 1.29 is 0 Å². The Balaban J connectivity index is 2.07. The number of rotatable bonds is 1. The maximum Gasteiger partial charge on any atom is 0.123 e. The fraction of sp³-hybridized carbons (Fsp3) is 0.357. The van der Waals surface area contributed by atoms with Gasteiger partial charge >= 0.3 is 0 Å². The maximum absolute atomic E-state index is 5.82. The Kier molecular flexibility index (Phi) is 2.26. The second-order valence-electron chi connectivity index (χ2n) is 5.30. The Hall–Kier alpha value is -1.35. The lowest BCUT2D eigenvalue weighted by atomic mass is 9.91. The summed E-state index contributed by atoms with van der Waals surface area (Å²) >= 11 is 1.82. The highest BCUT2D eigenvalue weighted by atomic mass is 32.1. The maximum atomic E-state index is 5.82. The highest BCUT2D eigenvalue weighted by Crippen LogP contribution is 2.43. The predicted octanol–water partition coefficient (Wildman–Crippen LogP) is 3.62. The zero-order chi connectivity index (χ0) is 12.0. The molecule has 0 spiro atoms. The van der Waals surface area contributed by atoms with Gasteiger partial charge in [0.05, 0.1) is 5.69 Å². The van der Waals surface area contributed by atoms with Crippen LogP contribution in [0.5, 0.6) is 0 Å². The van der Waals surface area contributed by atoms with Crippen LogP contribution in [-0.4, -0.2) is 4.98 Å². The number of hydrogen-bond donors (Lipinski definition) is 1. The zero-order valence-corrected chi connectivity index (χ0v) is 11.0. The van der Waals surface area contributed by atoms with Gasteiger partial charge in [-0.3, -0.25) is 0 Å². The molecule has 17 heavy (non-hydrogen) atoms. The zero-order valence-electron chi connectivity index (χ0n) is 10.2. The number of nitrogens with zero attached hydrogens (tertiary/aromatic N) is 1. The summed E-state index contributed by atoms with van der Waals surface area (Å²) in [6.07, 6.45) is 2.39. The van der Waals surface area contributed by atoms with Gasteiger partial charge < -0.3 is 5.73 Å². The Morgan fingerprint density at radius 3 is 2.88 bits per heavy atom. The van der Waals surface area contributed by atoms with Crippen LogP contribution in [-0.2, 0) is 11.8 Å². The molecule has 0 saturated heterocycles. The van der Waals surface area contributed by atoms with Crippen LogP contribution in [0.4, 0.5) is 5.69 Å². The van der Waals surface area contributed by atoms with E-state index < -0.39 is 0 Å². The highest BCUT2D eigenvalue weighted by molar-refractivity contribution is 7.15. The van der Waals surface area contributed by atoms with Crippen LogP contribution < -0.4 is 5.73 Å². The van der Waals surface area contributed by atoms with Gasteiger partial charge in [0.1, 0.15) is 5.01 Å². The molecular formula is C14H16N2S. The summed E-state index contributed by atoms with van der Waals surface area (Å²) in [5.74, 6) is 0. The van der Waals surface area contributed by atoms with Gasteiger partial charge in [0.2, 0.25) is 0 Å². The average molecular weight is 244 g/mol. The van der Waals surface area contributed by atoms with E-state index in [2.05, 4.69) is 19.9 Å². The van der Waals surface area contributed by atoms with E-state index in [0.29, 0.717) is 0 Å². The van der Waals surface area contributed by atoms with E-state index >= 15 is 0 Å². The van der Waals surface area contributed by atoms with Gasteiger partial charge in [-0.15, -0.1) is 11.3 Å². The molecule has 0 amide bonds. The summed E-state index contributed by atoms with van der Waals surface area (Å²) in [4.78, 5) is 6.27. The highest BCUT2D eigenvalue weighted by Gasteiger charge is 2.33. The van der Waals surface area contributed by atoms with Crippen molar-refractivity contribution in [2.24, 2.45) is 0 Å². The smallest absolute Gasteiger partial charge is 0.123 e. The lowest BCUT2D eigenvalue weighted by Crippen LogP contribution is -2.12. The third kappa shape index (κ3) is 1.75. The van der Waals surface area contributed by atoms with Crippen LogP contribution >= 0.6 is 11.3 Å². The van der Waals surface area contributed by atoms with Crippen molar-refractivity contribution in [1.82, 2.24) is 4.98 Å². The van der Waals surface area contributed by atoms with Crippen molar-refractivity contribution >= 4 is 17.0 Å². The van der Waals surface area contributed by atoms with Crippen molar-refractivity contribution in [3.8, 4) is 10.6 Å². The Morgan fingerprint density at radius 1 is 1.35 bits per heavy atom. The molecule has 3 heteroatoms. The molecule has 2 aromatic rings. The Labute approximate surface area is 106 Å². The van der Waals surface area contributed by atoms with Crippen molar-refractivity contribution in [1.29, 1.82) is 0 Å². The molecule has 0 saturated carbocycles. The van der Waals surface area contributed by atoms with Gasteiger partial charge in [-0.05, 0) is 25.0 Å². The first kappa shape index (κ1) is 10.8. The van der Waals surface area contributed by atoms with Crippen LogP contribution in [0.25, 0.3) is 10.6 Å². The third-order valence-electron chi connectivity index (χ3n) is 3.45. The minimum Gasteiger partial charge on any atom is -0.399 e. The number of thiazole rings is 1. The van der Waals surface area contributed by atoms with E-state index in [0.717, 1.165) is 16.3 Å². The summed E-state index contributed by atoms with van der Waals surface area (Å²) in [6, 6.07) is 7.98. The molecule has 1 aromatic heterocycles. The average Bonchev–Trinajstić information content (AvgIpc) is 2.81. The largest absolute Gasteiger partial charge is 0.399 e. The fourth-order valence-corrected chi connectivity index (χ4v) is 3.63. The van der Waals surface area contributed by atoms with Gasteiger partial charge in [-0.1, -0.05) is 26.0 Å². The third-order valence-corrected chi connectivity index (χ3v) is 4.61. The first-order valence-corrected chi connectivity index (χ1v) is 6.74. The van der Waals surface area contributed by atoms with E-state index in [4.69, 9.17) is 10.7 Å². The van der Waals surface area contributed by atoms with Crippen molar-refractivity contribution in [3.05, 3.63) is 34.8 Å². The van der Waals surface area contributed by atoms with Gasteiger partial charge in [0.25, 0.3) is 0 Å². The second kappa shape index (κ2) is 3.57. The summed E-state index contributed by atoms with van der Waals surface area (Å²) in [7, 11) is 0. The first-order chi connectivity index (χ1) is 8.06. The van der Waals surface area contributed by atoms with Gasteiger partial charge in [-0.25, -0.2) is 4.98 Å². The number of benzene rings is 1. The summed E-state index contributed by atoms with van der Waals surface area (Å²) in [5.41, 5.74) is 9.29. The van der Waals surface area contributed by atoms with Crippen molar-refractivity contribution in [2.45, 2.75) is 32.1 Å². The summed E-state index contributed by atoms with van der Waals surface area (Å²) in [6.45, 7) is 4.56. The lowest BCUT2D eigenvalue weighted by Gasteiger charge is -2.15. The van der Waals surface area contributed by atoms with E-state index in [1.807, 2.05) is 29.5 Å². The number of nitrogens with two attached hydrogens (primary N) is 1. The van der Waals surface area contributed by atoms with Crippen LogP contribution in [0.2, 0.25) is 0 Å². The molecule has 88 valence electrons. The minimum atomic E-state index is 0.240. The normalized spacial score (nSPS) is 17.1. The van der Waals surface area contributed by atoms with Crippen LogP contribution in [0.1, 0.15) is 30.8 Å². The molecule has 0 bridgehead atoms. The summed E-state index contributed by atoms with van der Waals surface area (Å²) < 4.78 is 0. The number of nitrogen functional groups attached to an aromatic ring is 1. The molecule has 1 aliphatic rings. The molecule has 1 aromatic carbocycles. The quantitative estimate of drug-likeness (QED) is 0.778. The Bertz CT molecular complexity index is 569. The van der Waals surface area contributed by atoms with E-state index in [9.17, 15) is 0 Å².